The van der Waals surface area contributed by atoms with Gasteiger partial charge in [-0.1, -0.05) is 0 Å². The summed E-state index contributed by atoms with van der Waals surface area (Å²) < 4.78 is 0. The summed E-state index contributed by atoms with van der Waals surface area (Å²) in [5, 5.41) is 6.76. The van der Waals surface area contributed by atoms with Gasteiger partial charge in [0.1, 0.15) is 0 Å². The average Bonchev–Trinajstić information content (AvgIpc) is 3.28. The van der Waals surface area contributed by atoms with Crippen LogP contribution in [0.1, 0.15) is 37.8 Å². The number of amides is 3. The lowest BCUT2D eigenvalue weighted by Gasteiger charge is -2.34. The summed E-state index contributed by atoms with van der Waals surface area (Å²) in [5.41, 5.74) is 0.889. The van der Waals surface area contributed by atoms with E-state index in [1.165, 1.54) is 0 Å². The maximum atomic E-state index is 12.7. The van der Waals surface area contributed by atoms with Gasteiger partial charge in [0.05, 0.1) is 18.2 Å². The largest absolute Gasteiger partial charge is 0.343 e. The lowest BCUT2D eigenvalue weighted by atomic mass is 9.96. The Kier molecular flexibility index (Phi) is 5.90. The van der Waals surface area contributed by atoms with Crippen molar-refractivity contribution < 1.29 is 14.4 Å². The van der Waals surface area contributed by atoms with E-state index in [9.17, 15) is 14.4 Å². The average molecular weight is 361 g/mol. The van der Waals surface area contributed by atoms with Gasteiger partial charge < -0.3 is 14.7 Å². The van der Waals surface area contributed by atoms with Crippen LogP contribution in [0.4, 0.5) is 0 Å². The van der Waals surface area contributed by atoms with E-state index in [-0.39, 0.29) is 23.6 Å². The summed E-state index contributed by atoms with van der Waals surface area (Å²) >= 11 is 0. The molecule has 1 unspecified atom stereocenters. The van der Waals surface area contributed by atoms with Crippen molar-refractivity contribution in [2.45, 2.75) is 38.6 Å². The second kappa shape index (κ2) is 8.33. The highest BCUT2D eigenvalue weighted by Gasteiger charge is 2.32. The third-order valence-corrected chi connectivity index (χ3v) is 5.22. The van der Waals surface area contributed by atoms with Crippen molar-refractivity contribution in [2.24, 2.45) is 5.92 Å². The van der Waals surface area contributed by atoms with Crippen LogP contribution in [-0.2, 0) is 20.9 Å². The van der Waals surface area contributed by atoms with Crippen LogP contribution in [0.25, 0.3) is 0 Å². The van der Waals surface area contributed by atoms with Gasteiger partial charge in [-0.05, 0) is 25.3 Å². The zero-order valence-corrected chi connectivity index (χ0v) is 15.3. The van der Waals surface area contributed by atoms with E-state index in [2.05, 4.69) is 10.2 Å². The first-order chi connectivity index (χ1) is 12.5. The lowest BCUT2D eigenvalue weighted by molar-refractivity contribution is -0.142. The SMILES string of the molecule is CN(Cc1ccn[nH]1)C(=O)C1CCC(=O)N(CCCN2CCCC2=O)C1. The first kappa shape index (κ1) is 18.4. The topological polar surface area (TPSA) is 89.6 Å². The number of piperidine rings is 1. The number of H-pyrrole nitrogens is 1. The van der Waals surface area contributed by atoms with Crippen molar-refractivity contribution >= 4 is 17.7 Å². The zero-order valence-electron chi connectivity index (χ0n) is 15.3. The Bertz CT molecular complexity index is 645. The van der Waals surface area contributed by atoms with Crippen LogP contribution in [0.3, 0.4) is 0 Å². The molecular weight excluding hydrogens is 334 g/mol. The van der Waals surface area contributed by atoms with E-state index in [4.69, 9.17) is 0 Å². The van der Waals surface area contributed by atoms with Crippen LogP contribution >= 0.6 is 0 Å². The number of hydrogen-bond donors (Lipinski definition) is 1. The maximum Gasteiger partial charge on any atom is 0.227 e. The Morgan fingerprint density at radius 2 is 2.04 bits per heavy atom. The van der Waals surface area contributed by atoms with Crippen molar-refractivity contribution in [3.05, 3.63) is 18.0 Å². The number of aromatic nitrogens is 2. The number of rotatable bonds is 7. The van der Waals surface area contributed by atoms with Gasteiger partial charge in [0, 0.05) is 52.3 Å². The van der Waals surface area contributed by atoms with Crippen molar-refractivity contribution in [1.29, 1.82) is 0 Å². The van der Waals surface area contributed by atoms with Crippen LogP contribution in [0, 0.1) is 5.92 Å². The van der Waals surface area contributed by atoms with Crippen molar-refractivity contribution in [3.8, 4) is 0 Å². The quantitative estimate of drug-likeness (QED) is 0.771. The highest BCUT2D eigenvalue weighted by atomic mass is 16.2. The smallest absolute Gasteiger partial charge is 0.227 e. The Morgan fingerprint density at radius 3 is 2.73 bits per heavy atom. The lowest BCUT2D eigenvalue weighted by Crippen LogP contribution is -2.46. The number of hydrogen-bond acceptors (Lipinski definition) is 4. The van der Waals surface area contributed by atoms with Gasteiger partial charge >= 0.3 is 0 Å². The molecule has 0 aliphatic carbocycles. The molecule has 1 aromatic rings. The molecule has 3 amide bonds. The molecule has 1 atom stereocenters. The number of carbonyl (C=O) groups is 3. The second-order valence-corrected chi connectivity index (χ2v) is 7.19. The third-order valence-electron chi connectivity index (χ3n) is 5.22. The molecule has 3 rings (SSSR count). The van der Waals surface area contributed by atoms with E-state index in [0.29, 0.717) is 45.4 Å². The summed E-state index contributed by atoms with van der Waals surface area (Å²) in [7, 11) is 1.78. The monoisotopic (exact) mass is 361 g/mol. The predicted octanol–water partition coefficient (Wildman–Crippen LogP) is 0.619. The molecule has 0 bridgehead atoms. The fraction of sp³-hybridized carbons (Fsp3) is 0.667. The van der Waals surface area contributed by atoms with E-state index >= 15 is 0 Å². The van der Waals surface area contributed by atoms with Crippen LogP contribution in [-0.4, -0.2) is 75.8 Å². The minimum atomic E-state index is -0.158. The number of likely N-dealkylation sites (tertiary alicyclic amines) is 2. The zero-order chi connectivity index (χ0) is 18.5. The summed E-state index contributed by atoms with van der Waals surface area (Å²) in [6, 6.07) is 1.85. The molecule has 2 aliphatic rings. The van der Waals surface area contributed by atoms with Gasteiger partial charge in [0.2, 0.25) is 17.7 Å². The molecule has 0 spiro atoms. The summed E-state index contributed by atoms with van der Waals surface area (Å²) in [6.45, 7) is 3.09. The van der Waals surface area contributed by atoms with E-state index in [0.717, 1.165) is 25.1 Å². The molecule has 8 nitrogen and oxygen atoms in total. The number of nitrogens with zero attached hydrogens (tertiary/aromatic N) is 4. The fourth-order valence-electron chi connectivity index (χ4n) is 3.74. The van der Waals surface area contributed by atoms with Gasteiger partial charge in [-0.3, -0.25) is 19.5 Å². The Hall–Kier alpha value is -2.38. The Balaban J connectivity index is 1.47. The standard InChI is InChI=1S/C18H27N5O3/c1-21(13-15-7-8-19-20-15)18(26)14-5-6-17(25)23(12-14)11-3-10-22-9-2-4-16(22)24/h7-8,14H,2-6,9-13H2,1H3,(H,19,20). The molecule has 0 aromatic carbocycles. The summed E-state index contributed by atoms with van der Waals surface area (Å²) in [6.07, 6.45) is 5.02. The minimum absolute atomic E-state index is 0.0619. The highest BCUT2D eigenvalue weighted by molar-refractivity contribution is 5.83. The van der Waals surface area contributed by atoms with Crippen molar-refractivity contribution in [1.82, 2.24) is 24.9 Å². The first-order valence-electron chi connectivity index (χ1n) is 9.33. The van der Waals surface area contributed by atoms with Crippen LogP contribution in [0.15, 0.2) is 12.3 Å². The molecule has 0 radical (unpaired) electrons. The van der Waals surface area contributed by atoms with Crippen LogP contribution < -0.4 is 0 Å². The fourth-order valence-corrected chi connectivity index (χ4v) is 3.74. The molecule has 1 aromatic heterocycles. The molecule has 0 saturated carbocycles. The highest BCUT2D eigenvalue weighted by Crippen LogP contribution is 2.21. The molecule has 8 heteroatoms. The first-order valence-corrected chi connectivity index (χ1v) is 9.33. The van der Waals surface area contributed by atoms with E-state index < -0.39 is 0 Å². The molecule has 142 valence electrons. The van der Waals surface area contributed by atoms with Gasteiger partial charge in [-0.2, -0.15) is 5.10 Å². The van der Waals surface area contributed by atoms with Gasteiger partial charge in [-0.25, -0.2) is 0 Å². The molecule has 1 N–H and O–H groups in total. The second-order valence-electron chi connectivity index (χ2n) is 7.19. The molecule has 2 aliphatic heterocycles. The summed E-state index contributed by atoms with van der Waals surface area (Å²) in [5.74, 6) is 0.224. The number of carbonyl (C=O) groups excluding carboxylic acids is 3. The van der Waals surface area contributed by atoms with Crippen molar-refractivity contribution in [2.75, 3.05) is 33.2 Å². The predicted molar refractivity (Wildman–Crippen MR) is 94.8 cm³/mol. The van der Waals surface area contributed by atoms with Gasteiger partial charge in [0.25, 0.3) is 0 Å². The normalized spacial score (nSPS) is 20.7. The molecule has 2 saturated heterocycles. The van der Waals surface area contributed by atoms with Gasteiger partial charge in [0.15, 0.2) is 0 Å². The number of aromatic amines is 1. The summed E-state index contributed by atoms with van der Waals surface area (Å²) in [4.78, 5) is 41.9. The third kappa shape index (κ3) is 4.42. The Morgan fingerprint density at radius 1 is 1.27 bits per heavy atom. The van der Waals surface area contributed by atoms with Crippen LogP contribution in [0.2, 0.25) is 0 Å². The molecule has 26 heavy (non-hydrogen) atoms. The van der Waals surface area contributed by atoms with Crippen LogP contribution in [0.5, 0.6) is 0 Å². The van der Waals surface area contributed by atoms with Gasteiger partial charge in [-0.15, -0.1) is 0 Å². The molecular formula is C18H27N5O3. The maximum absolute atomic E-state index is 12.7. The van der Waals surface area contributed by atoms with E-state index in [1.807, 2.05) is 11.0 Å². The minimum Gasteiger partial charge on any atom is -0.343 e. The van der Waals surface area contributed by atoms with Crippen molar-refractivity contribution in [3.63, 3.8) is 0 Å². The molecule has 2 fully saturated rings. The number of nitrogens with one attached hydrogen (secondary N) is 1. The molecule has 3 heterocycles. The van der Waals surface area contributed by atoms with E-state index in [1.54, 1.807) is 23.0 Å². The Labute approximate surface area is 153 Å².